The number of rotatable bonds is 2. The fourth-order valence-corrected chi connectivity index (χ4v) is 4.55. The Morgan fingerprint density at radius 1 is 0.900 bits per heavy atom. The van der Waals surface area contributed by atoms with Gasteiger partial charge in [0, 0.05) is 23.1 Å². The van der Waals surface area contributed by atoms with Gasteiger partial charge in [-0.1, -0.05) is 38.1 Å². The molecule has 3 aromatic rings. The minimum absolute atomic E-state index is 0.213. The van der Waals surface area contributed by atoms with Crippen LogP contribution < -0.4 is 0 Å². The van der Waals surface area contributed by atoms with Crippen molar-refractivity contribution < 1.29 is 39.3 Å². The zero-order valence-corrected chi connectivity index (χ0v) is 17.2. The van der Waals surface area contributed by atoms with Gasteiger partial charge in [0.1, 0.15) is 10.5 Å². The predicted octanol–water partition coefficient (Wildman–Crippen LogP) is 6.91. The van der Waals surface area contributed by atoms with Crippen LogP contribution in [0.3, 0.4) is 0 Å². The van der Waals surface area contributed by atoms with E-state index in [4.69, 9.17) is 13.0 Å². The van der Waals surface area contributed by atoms with Gasteiger partial charge in [-0.2, -0.15) is 13.2 Å². The second-order valence-electron chi connectivity index (χ2n) is 6.48. The van der Waals surface area contributed by atoms with Gasteiger partial charge in [0.2, 0.25) is 0 Å². The van der Waals surface area contributed by atoms with Crippen LogP contribution in [0, 0.1) is 0 Å². The minimum Gasteiger partial charge on any atom is -0.741 e. The molecule has 0 radical (unpaired) electrons. The number of halogens is 6. The number of fused-ring (bicyclic) bond motifs is 1. The first-order valence-corrected chi connectivity index (χ1v) is 11.0. The summed E-state index contributed by atoms with van der Waals surface area (Å²) in [4.78, 5) is 0.365. The van der Waals surface area contributed by atoms with Crippen LogP contribution in [0.4, 0.5) is 26.3 Å². The van der Waals surface area contributed by atoms with Crippen molar-refractivity contribution in [2.45, 2.75) is 30.8 Å². The lowest BCUT2D eigenvalue weighted by atomic mass is 10.0. The van der Waals surface area contributed by atoms with Crippen LogP contribution in [-0.4, -0.2) is 18.5 Å². The molecular weight excluding hydrogens is 454 g/mol. The average Bonchev–Trinajstić information content (AvgIpc) is 3.00. The van der Waals surface area contributed by atoms with E-state index in [1.54, 1.807) is 36.4 Å². The number of benzene rings is 2. The fraction of sp³-hybridized carbons (Fsp3) is 0.263. The minimum atomic E-state index is -6.09. The fourth-order valence-electron chi connectivity index (χ4n) is 2.58. The maximum absolute atomic E-state index is 13.7. The molecule has 1 aromatic heterocycles. The zero-order valence-electron chi connectivity index (χ0n) is 15.6. The summed E-state index contributed by atoms with van der Waals surface area (Å²) in [5, 5.41) is 0.684. The molecule has 0 aliphatic heterocycles. The van der Waals surface area contributed by atoms with E-state index >= 15 is 0 Å². The lowest BCUT2D eigenvalue weighted by molar-refractivity contribution is -0.0864. The highest BCUT2D eigenvalue weighted by Gasteiger charge is 2.48. The number of hydrogen-bond donors (Lipinski definition) is 0. The van der Waals surface area contributed by atoms with Crippen molar-refractivity contribution in [2.24, 2.45) is 0 Å². The molecule has 0 spiro atoms. The molecule has 0 N–H and O–H groups in total. The van der Waals surface area contributed by atoms with Crippen molar-refractivity contribution in [1.82, 2.24) is 0 Å². The monoisotopic (exact) mass is 470 g/mol. The molecule has 0 bridgehead atoms. The molecule has 1 unspecified atom stereocenters. The van der Waals surface area contributed by atoms with Crippen LogP contribution in [0.2, 0.25) is 0 Å². The Hall–Kier alpha value is -2.11. The average molecular weight is 470 g/mol. The van der Waals surface area contributed by atoms with E-state index < -0.39 is 31.6 Å². The summed E-state index contributed by atoms with van der Waals surface area (Å²) in [5.74, 6) is 0.213. The number of hydrogen-bond acceptors (Lipinski definition) is 3. The van der Waals surface area contributed by atoms with Gasteiger partial charge in [-0.05, 0) is 29.7 Å². The molecule has 2 aromatic carbocycles. The molecule has 1 atom stereocenters. The largest absolute Gasteiger partial charge is 0.741 e. The lowest BCUT2D eigenvalue weighted by Gasteiger charge is -2.08. The van der Waals surface area contributed by atoms with Crippen LogP contribution in [0.15, 0.2) is 54.6 Å². The molecule has 0 fully saturated rings. The summed E-state index contributed by atoms with van der Waals surface area (Å²) in [6.07, 6.45) is 0. The maximum Gasteiger partial charge on any atom is 0.601 e. The molecule has 1 heterocycles. The van der Waals surface area contributed by atoms with E-state index in [9.17, 15) is 26.3 Å². The highest BCUT2D eigenvalue weighted by atomic mass is 32.2. The van der Waals surface area contributed by atoms with Gasteiger partial charge in [0.15, 0.2) is 19.7 Å². The van der Waals surface area contributed by atoms with Crippen molar-refractivity contribution >= 4 is 30.7 Å². The van der Waals surface area contributed by atoms with Crippen LogP contribution >= 0.6 is 10.5 Å². The van der Waals surface area contributed by atoms with Crippen LogP contribution in [0.25, 0.3) is 20.5 Å². The Kier molecular flexibility index (Phi) is 6.89. The summed E-state index contributed by atoms with van der Waals surface area (Å²) < 4.78 is 100. The SMILES string of the molecule is CC(C)c1ccc2cc(-c3ccccc3)[s+](C(F)(F)F)c2c1.O=S(=O)([O-])C(F)(F)F. The maximum atomic E-state index is 13.7. The predicted molar refractivity (Wildman–Crippen MR) is 103 cm³/mol. The highest BCUT2D eigenvalue weighted by Crippen LogP contribution is 2.54. The summed E-state index contributed by atoms with van der Waals surface area (Å²) in [5.41, 5.74) is -8.32. The molecule has 0 saturated carbocycles. The highest BCUT2D eigenvalue weighted by molar-refractivity contribution is 7.86. The Morgan fingerprint density at radius 3 is 1.87 bits per heavy atom. The van der Waals surface area contributed by atoms with Gasteiger partial charge in [0.25, 0.3) is 0 Å². The van der Waals surface area contributed by atoms with Crippen molar-refractivity contribution in [3.63, 3.8) is 0 Å². The number of alkyl halides is 6. The summed E-state index contributed by atoms with van der Waals surface area (Å²) in [6.45, 7) is 3.99. The molecule has 0 saturated heterocycles. The molecule has 30 heavy (non-hydrogen) atoms. The normalized spacial score (nSPS) is 13.3. The van der Waals surface area contributed by atoms with Crippen LogP contribution in [0.1, 0.15) is 25.3 Å². The van der Waals surface area contributed by atoms with Crippen molar-refractivity contribution in [1.29, 1.82) is 0 Å². The van der Waals surface area contributed by atoms with Gasteiger partial charge in [0.05, 0.1) is 0 Å². The summed E-state index contributed by atoms with van der Waals surface area (Å²) >= 11 is 0. The smallest absolute Gasteiger partial charge is 0.601 e. The summed E-state index contributed by atoms with van der Waals surface area (Å²) in [6, 6.07) is 16.0. The number of thiophene rings is 1. The first-order valence-electron chi connectivity index (χ1n) is 8.37. The third kappa shape index (κ3) is 5.52. The lowest BCUT2D eigenvalue weighted by Crippen LogP contribution is -2.21. The topological polar surface area (TPSA) is 57.2 Å². The van der Waals surface area contributed by atoms with Gasteiger partial charge in [-0.3, -0.25) is 0 Å². The van der Waals surface area contributed by atoms with Crippen molar-refractivity contribution in [3.8, 4) is 10.4 Å². The standard InChI is InChI=1S/C18H16F3S.CHF3O3S/c1-12(2)14-8-9-15-11-16(13-6-4-3-5-7-13)22(17(15)10-14)18(19,20)21;2-1(3,4)8(5,6)7/h3-12H,1-2H3;(H,5,6,7)/q+1;/p-1. The van der Waals surface area contributed by atoms with E-state index in [1.165, 1.54) is 0 Å². The van der Waals surface area contributed by atoms with E-state index in [0.717, 1.165) is 5.56 Å². The van der Waals surface area contributed by atoms with Crippen molar-refractivity contribution in [2.75, 3.05) is 0 Å². The Labute approximate surface area is 171 Å². The van der Waals surface area contributed by atoms with E-state index in [0.29, 0.717) is 20.5 Å². The van der Waals surface area contributed by atoms with Gasteiger partial charge in [-0.25, -0.2) is 8.42 Å². The molecule has 0 aliphatic rings. The van der Waals surface area contributed by atoms with Crippen LogP contribution in [-0.2, 0) is 15.6 Å². The molecule has 164 valence electrons. The first kappa shape index (κ1) is 24.2. The van der Waals surface area contributed by atoms with Crippen LogP contribution in [0.5, 0.6) is 0 Å². The molecule has 0 aliphatic carbocycles. The van der Waals surface area contributed by atoms with Gasteiger partial charge in [-0.15, -0.1) is 13.2 Å². The molecular formula is C19H16F6O3S2. The second-order valence-corrected chi connectivity index (χ2v) is 9.80. The van der Waals surface area contributed by atoms with E-state index in [1.807, 2.05) is 32.0 Å². The Bertz CT molecular complexity index is 1110. The summed E-state index contributed by atoms with van der Waals surface area (Å²) in [7, 11) is -7.96. The second kappa shape index (κ2) is 8.56. The van der Waals surface area contributed by atoms with Gasteiger partial charge >= 0.3 is 11.0 Å². The molecule has 11 heteroatoms. The molecule has 3 rings (SSSR count). The first-order chi connectivity index (χ1) is 13.6. The van der Waals surface area contributed by atoms with E-state index in [2.05, 4.69) is 0 Å². The Balaban J connectivity index is 0.000000343. The zero-order chi connectivity index (χ0) is 22.9. The van der Waals surface area contributed by atoms with Crippen molar-refractivity contribution in [3.05, 3.63) is 60.2 Å². The quantitative estimate of drug-likeness (QED) is 0.177. The molecule has 3 nitrogen and oxygen atoms in total. The molecule has 0 amide bonds. The third-order valence-electron chi connectivity index (χ3n) is 4.00. The Morgan fingerprint density at radius 2 is 1.43 bits per heavy atom. The van der Waals surface area contributed by atoms with E-state index in [-0.39, 0.29) is 5.92 Å². The third-order valence-corrected chi connectivity index (χ3v) is 6.62. The van der Waals surface area contributed by atoms with Gasteiger partial charge < -0.3 is 4.55 Å².